The van der Waals surface area contributed by atoms with Crippen LogP contribution in [0.2, 0.25) is 0 Å². The molecule has 2 aliphatic rings. The molecule has 2 atom stereocenters. The van der Waals surface area contributed by atoms with Crippen LogP contribution in [0.15, 0.2) is 24.5 Å². The Morgan fingerprint density at radius 3 is 2.76 bits per heavy atom. The third kappa shape index (κ3) is 3.04. The maximum Gasteiger partial charge on any atom is 0.303 e. The van der Waals surface area contributed by atoms with Crippen molar-refractivity contribution in [1.29, 1.82) is 0 Å². The summed E-state index contributed by atoms with van der Waals surface area (Å²) in [7, 11) is 1.78. The van der Waals surface area contributed by atoms with Crippen LogP contribution in [0.25, 0.3) is 0 Å². The molecule has 8 nitrogen and oxygen atoms in total. The van der Waals surface area contributed by atoms with Crippen molar-refractivity contribution < 1.29 is 14.7 Å². The number of hydrogen-bond donors (Lipinski definition) is 1. The van der Waals surface area contributed by atoms with Crippen molar-refractivity contribution in [3.8, 4) is 0 Å². The third-order valence-electron chi connectivity index (χ3n) is 5.10. The fourth-order valence-electron chi connectivity index (χ4n) is 3.75. The molecule has 0 bridgehead atoms. The number of hydrogen-bond acceptors (Lipinski definition) is 4. The van der Waals surface area contributed by atoms with Crippen molar-refractivity contribution in [2.45, 2.75) is 31.2 Å². The van der Waals surface area contributed by atoms with Crippen LogP contribution in [0, 0.1) is 5.92 Å². The first-order valence-electron chi connectivity index (χ1n) is 8.57. The molecule has 0 unspecified atom stereocenters. The number of carbonyl (C=O) groups is 2. The average molecular weight is 343 g/mol. The summed E-state index contributed by atoms with van der Waals surface area (Å²) >= 11 is 0. The molecule has 2 aromatic heterocycles. The van der Waals surface area contributed by atoms with Crippen LogP contribution in [0.3, 0.4) is 0 Å². The van der Waals surface area contributed by atoms with Gasteiger partial charge in [0.2, 0.25) is 0 Å². The molecular formula is C17H21N5O3. The summed E-state index contributed by atoms with van der Waals surface area (Å²) in [6.45, 7) is 0.910. The number of carboxylic acids is 1. The maximum atomic E-state index is 13.0. The van der Waals surface area contributed by atoms with Crippen LogP contribution >= 0.6 is 0 Å². The molecule has 4 rings (SSSR count). The van der Waals surface area contributed by atoms with Gasteiger partial charge in [-0.25, -0.2) is 0 Å². The number of aromatic nitrogens is 4. The number of amides is 1. The zero-order chi connectivity index (χ0) is 17.6. The summed E-state index contributed by atoms with van der Waals surface area (Å²) in [6, 6.07) is 4.18. The first kappa shape index (κ1) is 15.9. The Bertz CT molecular complexity index is 807. The lowest BCUT2D eigenvalue weighted by atomic mass is 9.91. The van der Waals surface area contributed by atoms with Gasteiger partial charge in [-0.2, -0.15) is 0 Å². The Balaban J connectivity index is 1.57. The second kappa shape index (κ2) is 6.02. The summed E-state index contributed by atoms with van der Waals surface area (Å²) < 4.78 is 3.65. The SMILES string of the molecule is Cn1cc([C@@H]2CN(C(=O)c3cccn3C3CC3)C[C@@H]2CC(=O)O)nn1. The van der Waals surface area contributed by atoms with Gasteiger partial charge >= 0.3 is 5.97 Å². The van der Waals surface area contributed by atoms with E-state index in [1.165, 1.54) is 0 Å². The van der Waals surface area contributed by atoms with Crippen LogP contribution in [0.4, 0.5) is 0 Å². The Kier molecular flexibility index (Phi) is 3.82. The lowest BCUT2D eigenvalue weighted by Gasteiger charge is -2.17. The summed E-state index contributed by atoms with van der Waals surface area (Å²) in [5.41, 5.74) is 1.44. The fraction of sp³-hybridized carbons (Fsp3) is 0.529. The molecule has 1 aliphatic carbocycles. The summed E-state index contributed by atoms with van der Waals surface area (Å²) in [5, 5.41) is 17.3. The molecule has 1 saturated carbocycles. The van der Waals surface area contributed by atoms with Gasteiger partial charge in [-0.1, -0.05) is 5.21 Å². The topological polar surface area (TPSA) is 93.2 Å². The van der Waals surface area contributed by atoms with Gasteiger partial charge in [-0.15, -0.1) is 5.10 Å². The van der Waals surface area contributed by atoms with Crippen LogP contribution in [-0.4, -0.2) is 54.5 Å². The number of carbonyl (C=O) groups excluding carboxylic acids is 1. The van der Waals surface area contributed by atoms with Gasteiger partial charge in [-0.05, 0) is 30.9 Å². The molecule has 8 heteroatoms. The lowest BCUT2D eigenvalue weighted by molar-refractivity contribution is -0.138. The minimum atomic E-state index is -0.852. The number of nitrogens with zero attached hydrogens (tertiary/aromatic N) is 5. The number of rotatable bonds is 5. The zero-order valence-electron chi connectivity index (χ0n) is 14.1. The van der Waals surface area contributed by atoms with E-state index < -0.39 is 5.97 Å². The number of carboxylic acid groups (broad SMARTS) is 1. The van der Waals surface area contributed by atoms with Gasteiger partial charge in [0, 0.05) is 44.5 Å². The quantitative estimate of drug-likeness (QED) is 0.883. The molecular weight excluding hydrogens is 322 g/mol. The molecule has 0 radical (unpaired) electrons. The van der Waals surface area contributed by atoms with E-state index in [9.17, 15) is 14.7 Å². The Hall–Kier alpha value is -2.64. The van der Waals surface area contributed by atoms with Crippen LogP contribution in [0.1, 0.15) is 47.4 Å². The summed E-state index contributed by atoms with van der Waals surface area (Å²) in [6.07, 6.45) is 6.00. The third-order valence-corrected chi connectivity index (χ3v) is 5.10. The number of likely N-dealkylation sites (tertiary alicyclic amines) is 1. The molecule has 2 fully saturated rings. The predicted octanol–water partition coefficient (Wildman–Crippen LogP) is 1.28. The molecule has 3 heterocycles. The molecule has 1 saturated heterocycles. The second-order valence-electron chi connectivity index (χ2n) is 7.02. The van der Waals surface area contributed by atoms with Crippen molar-refractivity contribution in [1.82, 2.24) is 24.5 Å². The standard InChI is InChI=1S/C17H21N5O3/c1-20-10-14(18-19-20)13-9-21(8-11(13)7-16(23)24)17(25)15-3-2-6-22(15)12-4-5-12/h2-3,6,10-13H,4-5,7-9H2,1H3,(H,23,24)/t11-,13+/m0/s1. The molecule has 0 aromatic carbocycles. The van der Waals surface area contributed by atoms with Gasteiger partial charge in [0.25, 0.3) is 5.91 Å². The molecule has 25 heavy (non-hydrogen) atoms. The molecule has 0 spiro atoms. The monoisotopic (exact) mass is 343 g/mol. The fourth-order valence-corrected chi connectivity index (χ4v) is 3.75. The highest BCUT2D eigenvalue weighted by atomic mass is 16.4. The highest BCUT2D eigenvalue weighted by Crippen LogP contribution is 2.38. The molecule has 132 valence electrons. The molecule has 1 N–H and O–H groups in total. The van der Waals surface area contributed by atoms with Crippen molar-refractivity contribution >= 4 is 11.9 Å². The van der Waals surface area contributed by atoms with Crippen molar-refractivity contribution in [3.05, 3.63) is 35.9 Å². The van der Waals surface area contributed by atoms with Crippen molar-refractivity contribution in [2.75, 3.05) is 13.1 Å². The van der Waals surface area contributed by atoms with Gasteiger partial charge in [0.1, 0.15) is 5.69 Å². The van der Waals surface area contributed by atoms with E-state index in [4.69, 9.17) is 0 Å². The van der Waals surface area contributed by atoms with Crippen molar-refractivity contribution in [3.63, 3.8) is 0 Å². The Morgan fingerprint density at radius 2 is 2.12 bits per heavy atom. The van der Waals surface area contributed by atoms with E-state index >= 15 is 0 Å². The van der Waals surface area contributed by atoms with E-state index in [0.717, 1.165) is 18.5 Å². The summed E-state index contributed by atoms with van der Waals surface area (Å²) in [5.74, 6) is -1.13. The zero-order valence-corrected chi connectivity index (χ0v) is 14.1. The van der Waals surface area contributed by atoms with Crippen LogP contribution in [-0.2, 0) is 11.8 Å². The predicted molar refractivity (Wildman–Crippen MR) is 88.1 cm³/mol. The minimum Gasteiger partial charge on any atom is -0.481 e. The minimum absolute atomic E-state index is 0.0225. The Morgan fingerprint density at radius 1 is 1.32 bits per heavy atom. The highest BCUT2D eigenvalue weighted by Gasteiger charge is 2.40. The molecule has 1 aliphatic heterocycles. The van der Waals surface area contributed by atoms with E-state index in [-0.39, 0.29) is 24.2 Å². The summed E-state index contributed by atoms with van der Waals surface area (Å²) in [4.78, 5) is 26.0. The highest BCUT2D eigenvalue weighted by molar-refractivity contribution is 5.93. The number of aryl methyl sites for hydroxylation is 1. The normalized spacial score (nSPS) is 23.2. The smallest absolute Gasteiger partial charge is 0.303 e. The van der Waals surface area contributed by atoms with E-state index in [0.29, 0.717) is 24.8 Å². The first-order chi connectivity index (χ1) is 12.0. The first-order valence-corrected chi connectivity index (χ1v) is 8.57. The van der Waals surface area contributed by atoms with Crippen molar-refractivity contribution in [2.24, 2.45) is 13.0 Å². The largest absolute Gasteiger partial charge is 0.481 e. The van der Waals surface area contributed by atoms with Gasteiger partial charge in [0.15, 0.2) is 0 Å². The second-order valence-corrected chi connectivity index (χ2v) is 7.02. The van der Waals surface area contributed by atoms with E-state index in [2.05, 4.69) is 10.3 Å². The van der Waals surface area contributed by atoms with Crippen LogP contribution in [0.5, 0.6) is 0 Å². The average Bonchev–Trinajstić information content (AvgIpc) is 2.98. The van der Waals surface area contributed by atoms with E-state index in [1.54, 1.807) is 22.8 Å². The molecule has 2 aromatic rings. The lowest BCUT2D eigenvalue weighted by Crippen LogP contribution is -2.30. The van der Waals surface area contributed by atoms with Crippen LogP contribution < -0.4 is 0 Å². The maximum absolute atomic E-state index is 13.0. The number of aliphatic carboxylic acids is 1. The Labute approximate surface area is 145 Å². The van der Waals surface area contributed by atoms with E-state index in [1.807, 2.05) is 22.9 Å². The van der Waals surface area contributed by atoms with Gasteiger partial charge < -0.3 is 14.6 Å². The molecule has 1 amide bonds. The van der Waals surface area contributed by atoms with Gasteiger partial charge in [-0.3, -0.25) is 14.3 Å². The van der Waals surface area contributed by atoms with Gasteiger partial charge in [0.05, 0.1) is 12.1 Å².